The third kappa shape index (κ3) is 2.71. The zero-order chi connectivity index (χ0) is 12.3. The molecule has 1 aromatic heterocycles. The van der Waals surface area contributed by atoms with Gasteiger partial charge in [0.1, 0.15) is 0 Å². The molecule has 0 saturated carbocycles. The molecular formula is C15H18N2. The van der Waals surface area contributed by atoms with Crippen molar-refractivity contribution in [1.82, 2.24) is 10.3 Å². The van der Waals surface area contributed by atoms with Crippen molar-refractivity contribution >= 4 is 0 Å². The summed E-state index contributed by atoms with van der Waals surface area (Å²) in [7, 11) is 1.98. The lowest BCUT2D eigenvalue weighted by Crippen LogP contribution is -2.12. The van der Waals surface area contributed by atoms with E-state index >= 15 is 0 Å². The maximum Gasteiger partial charge on any atom is 0.0378 e. The number of pyridine rings is 1. The summed E-state index contributed by atoms with van der Waals surface area (Å²) in [5.74, 6) is 0. The van der Waals surface area contributed by atoms with Crippen molar-refractivity contribution in [3.63, 3.8) is 0 Å². The fourth-order valence-corrected chi connectivity index (χ4v) is 1.88. The second kappa shape index (κ2) is 5.11. The second-order valence-electron chi connectivity index (χ2n) is 4.32. The van der Waals surface area contributed by atoms with Crippen LogP contribution in [0, 0.1) is 6.92 Å². The van der Waals surface area contributed by atoms with Crippen LogP contribution in [0.15, 0.2) is 42.6 Å². The number of aryl methyl sites for hydroxylation is 1. The summed E-state index contributed by atoms with van der Waals surface area (Å²) in [4.78, 5) is 4.23. The molecule has 0 saturated heterocycles. The van der Waals surface area contributed by atoms with Gasteiger partial charge in [0.2, 0.25) is 0 Å². The second-order valence-corrected chi connectivity index (χ2v) is 4.32. The first kappa shape index (κ1) is 11.8. The Morgan fingerprint density at radius 1 is 1.12 bits per heavy atom. The van der Waals surface area contributed by atoms with E-state index in [1.54, 1.807) is 0 Å². The summed E-state index contributed by atoms with van der Waals surface area (Å²) < 4.78 is 0. The van der Waals surface area contributed by atoms with Crippen molar-refractivity contribution in [3.05, 3.63) is 53.9 Å². The van der Waals surface area contributed by atoms with Gasteiger partial charge in [-0.25, -0.2) is 0 Å². The molecule has 1 N–H and O–H groups in total. The number of benzene rings is 1. The molecule has 1 atom stereocenters. The van der Waals surface area contributed by atoms with Crippen LogP contribution >= 0.6 is 0 Å². The van der Waals surface area contributed by atoms with E-state index in [1.807, 2.05) is 20.2 Å². The minimum atomic E-state index is 0.373. The van der Waals surface area contributed by atoms with Crippen LogP contribution in [-0.4, -0.2) is 12.0 Å². The third-order valence-corrected chi connectivity index (χ3v) is 3.05. The molecule has 0 radical (unpaired) electrons. The van der Waals surface area contributed by atoms with Gasteiger partial charge in [0.05, 0.1) is 0 Å². The fourth-order valence-electron chi connectivity index (χ4n) is 1.88. The van der Waals surface area contributed by atoms with Crippen molar-refractivity contribution in [3.8, 4) is 11.1 Å². The van der Waals surface area contributed by atoms with E-state index in [1.165, 1.54) is 16.7 Å². The maximum atomic E-state index is 4.23. The molecule has 1 aromatic carbocycles. The number of rotatable bonds is 3. The monoisotopic (exact) mass is 226 g/mol. The predicted molar refractivity (Wildman–Crippen MR) is 71.9 cm³/mol. The van der Waals surface area contributed by atoms with E-state index in [0.29, 0.717) is 6.04 Å². The molecule has 2 aromatic rings. The Kier molecular flexibility index (Phi) is 3.55. The van der Waals surface area contributed by atoms with Crippen LogP contribution < -0.4 is 5.32 Å². The maximum absolute atomic E-state index is 4.23. The van der Waals surface area contributed by atoms with Gasteiger partial charge in [0.25, 0.3) is 0 Å². The van der Waals surface area contributed by atoms with Crippen molar-refractivity contribution in [2.45, 2.75) is 19.9 Å². The highest BCUT2D eigenvalue weighted by Crippen LogP contribution is 2.23. The first-order chi connectivity index (χ1) is 8.20. The molecule has 0 aliphatic carbocycles. The molecule has 2 nitrogen and oxygen atoms in total. The predicted octanol–water partition coefficient (Wildman–Crippen LogP) is 3.34. The van der Waals surface area contributed by atoms with Crippen LogP contribution in [0.1, 0.15) is 24.2 Å². The van der Waals surface area contributed by atoms with Crippen LogP contribution in [0.25, 0.3) is 11.1 Å². The molecule has 17 heavy (non-hydrogen) atoms. The molecule has 2 rings (SSSR count). The first-order valence-corrected chi connectivity index (χ1v) is 5.91. The highest BCUT2D eigenvalue weighted by molar-refractivity contribution is 5.64. The van der Waals surface area contributed by atoms with Gasteiger partial charge in [-0.15, -0.1) is 0 Å². The summed E-state index contributed by atoms with van der Waals surface area (Å²) in [5, 5.41) is 3.26. The number of aromatic nitrogens is 1. The largest absolute Gasteiger partial charge is 0.313 e. The summed E-state index contributed by atoms with van der Waals surface area (Å²) in [6.07, 6.45) is 1.86. The number of hydrogen-bond acceptors (Lipinski definition) is 2. The van der Waals surface area contributed by atoms with E-state index in [-0.39, 0.29) is 0 Å². The Morgan fingerprint density at radius 2 is 1.88 bits per heavy atom. The summed E-state index contributed by atoms with van der Waals surface area (Å²) in [5.41, 5.74) is 4.83. The lowest BCUT2D eigenvalue weighted by atomic mass is 10.0. The Bertz CT molecular complexity index is 506. The lowest BCUT2D eigenvalue weighted by molar-refractivity contribution is 0.652. The van der Waals surface area contributed by atoms with Gasteiger partial charge >= 0.3 is 0 Å². The molecule has 1 unspecified atom stereocenters. The normalized spacial score (nSPS) is 12.4. The molecular weight excluding hydrogens is 208 g/mol. The zero-order valence-electron chi connectivity index (χ0n) is 10.6. The van der Waals surface area contributed by atoms with Gasteiger partial charge in [-0.2, -0.15) is 0 Å². The summed E-state index contributed by atoms with van der Waals surface area (Å²) in [6, 6.07) is 13.2. The zero-order valence-corrected chi connectivity index (χ0v) is 10.6. The Morgan fingerprint density at radius 3 is 2.59 bits per heavy atom. The van der Waals surface area contributed by atoms with Crippen LogP contribution in [0.2, 0.25) is 0 Å². The standard InChI is InChI=1S/C15H18N2/c1-11-9-15(7-8-17-11)14-6-4-5-13(10-14)12(2)16-3/h4-10,12,16H,1-3H3. The topological polar surface area (TPSA) is 24.9 Å². The number of nitrogens with one attached hydrogen (secondary N) is 1. The average Bonchev–Trinajstić information content (AvgIpc) is 2.38. The van der Waals surface area contributed by atoms with Crippen LogP contribution in [-0.2, 0) is 0 Å². The van der Waals surface area contributed by atoms with Crippen molar-refractivity contribution in [1.29, 1.82) is 0 Å². The Hall–Kier alpha value is -1.67. The lowest BCUT2D eigenvalue weighted by Gasteiger charge is -2.12. The van der Waals surface area contributed by atoms with E-state index in [2.05, 4.69) is 53.6 Å². The molecule has 1 heterocycles. The molecule has 0 fully saturated rings. The minimum absolute atomic E-state index is 0.373. The Balaban J connectivity index is 2.39. The van der Waals surface area contributed by atoms with Gasteiger partial charge in [0, 0.05) is 17.9 Å². The molecule has 0 amide bonds. The van der Waals surface area contributed by atoms with Crippen LogP contribution in [0.5, 0.6) is 0 Å². The average molecular weight is 226 g/mol. The number of hydrogen-bond donors (Lipinski definition) is 1. The Labute approximate surface area is 103 Å². The summed E-state index contributed by atoms with van der Waals surface area (Å²) in [6.45, 7) is 4.18. The summed E-state index contributed by atoms with van der Waals surface area (Å²) >= 11 is 0. The van der Waals surface area contributed by atoms with Crippen LogP contribution in [0.4, 0.5) is 0 Å². The third-order valence-electron chi connectivity index (χ3n) is 3.05. The highest BCUT2D eigenvalue weighted by atomic mass is 14.8. The minimum Gasteiger partial charge on any atom is -0.313 e. The molecule has 88 valence electrons. The van der Waals surface area contributed by atoms with Crippen molar-refractivity contribution in [2.75, 3.05) is 7.05 Å². The quantitative estimate of drug-likeness (QED) is 0.868. The smallest absolute Gasteiger partial charge is 0.0378 e. The molecule has 0 aliphatic rings. The molecule has 0 aliphatic heterocycles. The van der Waals surface area contributed by atoms with Crippen LogP contribution in [0.3, 0.4) is 0 Å². The fraction of sp³-hybridized carbons (Fsp3) is 0.267. The van der Waals surface area contributed by atoms with Gasteiger partial charge in [-0.05, 0) is 55.8 Å². The van der Waals surface area contributed by atoms with Crippen molar-refractivity contribution in [2.24, 2.45) is 0 Å². The van der Waals surface area contributed by atoms with Gasteiger partial charge in [-0.1, -0.05) is 18.2 Å². The van der Waals surface area contributed by atoms with E-state index in [9.17, 15) is 0 Å². The molecule has 0 bridgehead atoms. The highest BCUT2D eigenvalue weighted by Gasteiger charge is 2.04. The van der Waals surface area contributed by atoms with Gasteiger partial charge < -0.3 is 5.32 Å². The molecule has 0 spiro atoms. The van der Waals surface area contributed by atoms with Crippen molar-refractivity contribution < 1.29 is 0 Å². The number of nitrogens with zero attached hydrogens (tertiary/aromatic N) is 1. The van der Waals surface area contributed by atoms with Gasteiger partial charge in [0.15, 0.2) is 0 Å². The van der Waals surface area contributed by atoms with Gasteiger partial charge in [-0.3, -0.25) is 4.98 Å². The SMILES string of the molecule is CNC(C)c1cccc(-c2ccnc(C)c2)c1. The molecule has 2 heteroatoms. The first-order valence-electron chi connectivity index (χ1n) is 5.91. The van der Waals surface area contributed by atoms with E-state index < -0.39 is 0 Å². The van der Waals surface area contributed by atoms with E-state index in [0.717, 1.165) is 5.69 Å². The van der Waals surface area contributed by atoms with E-state index in [4.69, 9.17) is 0 Å².